The highest BCUT2D eigenvalue weighted by atomic mass is 16.4. The standard InChI is InChI=1S/C11H10N4O2/c16-11(17)10-13-5-3-9(15-10)14-7-8-2-1-4-12-6-8/h1-6H,7H2,(H,16,17)(H,13,14,15). The zero-order chi connectivity index (χ0) is 12.1. The molecule has 0 saturated carbocycles. The number of pyridine rings is 1. The smallest absolute Gasteiger partial charge is 0.374 e. The molecule has 0 fully saturated rings. The normalized spacial score (nSPS) is 9.88. The van der Waals surface area contributed by atoms with Crippen molar-refractivity contribution in [2.75, 3.05) is 5.32 Å². The van der Waals surface area contributed by atoms with Gasteiger partial charge in [0.25, 0.3) is 0 Å². The molecule has 0 unspecified atom stereocenters. The fraction of sp³-hybridized carbons (Fsp3) is 0.0909. The molecule has 0 atom stereocenters. The zero-order valence-electron chi connectivity index (χ0n) is 8.87. The van der Waals surface area contributed by atoms with E-state index >= 15 is 0 Å². The number of carbonyl (C=O) groups is 1. The van der Waals surface area contributed by atoms with Crippen LogP contribution in [-0.4, -0.2) is 26.0 Å². The van der Waals surface area contributed by atoms with Crippen molar-refractivity contribution in [1.29, 1.82) is 0 Å². The Balaban J connectivity index is 2.04. The first-order valence-corrected chi connectivity index (χ1v) is 4.95. The molecular formula is C11H10N4O2. The summed E-state index contributed by atoms with van der Waals surface area (Å²) >= 11 is 0. The van der Waals surface area contributed by atoms with Crippen molar-refractivity contribution in [3.05, 3.63) is 48.2 Å². The fourth-order valence-electron chi connectivity index (χ4n) is 1.26. The van der Waals surface area contributed by atoms with Gasteiger partial charge >= 0.3 is 5.97 Å². The van der Waals surface area contributed by atoms with E-state index in [0.29, 0.717) is 12.4 Å². The van der Waals surface area contributed by atoms with Gasteiger partial charge in [-0.2, -0.15) is 0 Å². The maximum absolute atomic E-state index is 10.7. The number of rotatable bonds is 4. The van der Waals surface area contributed by atoms with Gasteiger partial charge in [0.2, 0.25) is 5.82 Å². The third kappa shape index (κ3) is 2.97. The van der Waals surface area contributed by atoms with Crippen LogP contribution in [0, 0.1) is 0 Å². The first-order chi connectivity index (χ1) is 8.25. The van der Waals surface area contributed by atoms with Gasteiger partial charge in [-0.15, -0.1) is 0 Å². The number of hydrogen-bond donors (Lipinski definition) is 2. The highest BCUT2D eigenvalue weighted by molar-refractivity contribution is 5.83. The molecule has 0 amide bonds. The lowest BCUT2D eigenvalue weighted by molar-refractivity contribution is 0.0683. The van der Waals surface area contributed by atoms with Gasteiger partial charge in [-0.25, -0.2) is 14.8 Å². The lowest BCUT2D eigenvalue weighted by Gasteiger charge is -2.05. The molecule has 0 aliphatic carbocycles. The Morgan fingerprint density at radius 3 is 2.94 bits per heavy atom. The zero-order valence-corrected chi connectivity index (χ0v) is 8.87. The minimum absolute atomic E-state index is 0.221. The summed E-state index contributed by atoms with van der Waals surface area (Å²) in [6, 6.07) is 5.36. The maximum atomic E-state index is 10.7. The third-order valence-electron chi connectivity index (χ3n) is 2.04. The van der Waals surface area contributed by atoms with E-state index in [1.807, 2.05) is 12.1 Å². The van der Waals surface area contributed by atoms with E-state index in [-0.39, 0.29) is 5.82 Å². The average molecular weight is 230 g/mol. The summed E-state index contributed by atoms with van der Waals surface area (Å²) in [5.74, 6) is -0.891. The van der Waals surface area contributed by atoms with Crippen LogP contribution in [0.25, 0.3) is 0 Å². The van der Waals surface area contributed by atoms with Crippen LogP contribution >= 0.6 is 0 Å². The van der Waals surface area contributed by atoms with E-state index in [2.05, 4.69) is 20.3 Å². The first kappa shape index (κ1) is 11.0. The van der Waals surface area contributed by atoms with Crippen molar-refractivity contribution < 1.29 is 9.90 Å². The van der Waals surface area contributed by atoms with Crippen LogP contribution < -0.4 is 5.32 Å². The Bertz CT molecular complexity index is 516. The molecule has 0 aliphatic rings. The molecule has 2 aromatic heterocycles. The molecule has 0 aliphatic heterocycles. The second kappa shape index (κ2) is 5.02. The molecule has 2 aromatic rings. The first-order valence-electron chi connectivity index (χ1n) is 4.95. The molecule has 0 aromatic carbocycles. The molecule has 0 radical (unpaired) electrons. The summed E-state index contributed by atoms with van der Waals surface area (Å²) in [7, 11) is 0. The van der Waals surface area contributed by atoms with Crippen molar-refractivity contribution in [2.24, 2.45) is 0 Å². The summed E-state index contributed by atoms with van der Waals surface area (Å²) < 4.78 is 0. The molecule has 6 nitrogen and oxygen atoms in total. The Kier molecular flexibility index (Phi) is 3.25. The number of nitrogens with zero attached hydrogens (tertiary/aromatic N) is 3. The van der Waals surface area contributed by atoms with E-state index in [0.717, 1.165) is 5.56 Å². The number of hydrogen-bond acceptors (Lipinski definition) is 5. The van der Waals surface area contributed by atoms with Crippen LogP contribution in [0.3, 0.4) is 0 Å². The van der Waals surface area contributed by atoms with E-state index < -0.39 is 5.97 Å². The Labute approximate surface area is 97.4 Å². The Morgan fingerprint density at radius 2 is 2.24 bits per heavy atom. The molecule has 0 spiro atoms. The minimum Gasteiger partial charge on any atom is -0.475 e. The predicted octanol–water partition coefficient (Wildman–Crippen LogP) is 1.18. The molecule has 0 saturated heterocycles. The number of carboxylic acid groups (broad SMARTS) is 1. The lowest BCUT2D eigenvalue weighted by atomic mass is 10.3. The van der Waals surface area contributed by atoms with Crippen LogP contribution in [0.2, 0.25) is 0 Å². The molecule has 2 heterocycles. The van der Waals surface area contributed by atoms with Gasteiger partial charge in [-0.05, 0) is 17.7 Å². The van der Waals surface area contributed by atoms with Crippen LogP contribution in [-0.2, 0) is 6.54 Å². The molecule has 2 rings (SSSR count). The molecule has 0 bridgehead atoms. The van der Waals surface area contributed by atoms with Crippen molar-refractivity contribution in [1.82, 2.24) is 15.0 Å². The summed E-state index contributed by atoms with van der Waals surface area (Å²) in [4.78, 5) is 22.1. The van der Waals surface area contributed by atoms with Crippen molar-refractivity contribution in [3.8, 4) is 0 Å². The average Bonchev–Trinajstić information content (AvgIpc) is 2.38. The number of aromatic nitrogens is 3. The summed E-state index contributed by atoms with van der Waals surface area (Å²) in [6.45, 7) is 0.532. The minimum atomic E-state index is -1.14. The van der Waals surface area contributed by atoms with Crippen molar-refractivity contribution >= 4 is 11.8 Å². The van der Waals surface area contributed by atoms with Crippen LogP contribution in [0.4, 0.5) is 5.82 Å². The van der Waals surface area contributed by atoms with Gasteiger partial charge in [-0.3, -0.25) is 4.98 Å². The van der Waals surface area contributed by atoms with Gasteiger partial charge in [0.15, 0.2) is 0 Å². The molecule has 17 heavy (non-hydrogen) atoms. The van der Waals surface area contributed by atoms with Crippen LogP contribution in [0.5, 0.6) is 0 Å². The van der Waals surface area contributed by atoms with E-state index in [1.54, 1.807) is 18.5 Å². The molecular weight excluding hydrogens is 220 g/mol. The van der Waals surface area contributed by atoms with E-state index in [1.165, 1.54) is 6.20 Å². The predicted molar refractivity (Wildman–Crippen MR) is 60.6 cm³/mol. The fourth-order valence-corrected chi connectivity index (χ4v) is 1.26. The maximum Gasteiger partial charge on any atom is 0.374 e. The largest absolute Gasteiger partial charge is 0.475 e. The van der Waals surface area contributed by atoms with E-state index in [4.69, 9.17) is 5.11 Å². The summed E-state index contributed by atoms with van der Waals surface area (Å²) in [5, 5.41) is 11.7. The number of carboxylic acids is 1. The number of anilines is 1. The number of aromatic carboxylic acids is 1. The van der Waals surface area contributed by atoms with Gasteiger partial charge in [0.1, 0.15) is 5.82 Å². The highest BCUT2D eigenvalue weighted by Crippen LogP contribution is 2.05. The van der Waals surface area contributed by atoms with Gasteiger partial charge in [-0.1, -0.05) is 6.07 Å². The van der Waals surface area contributed by atoms with E-state index in [9.17, 15) is 4.79 Å². The van der Waals surface area contributed by atoms with Gasteiger partial charge < -0.3 is 10.4 Å². The highest BCUT2D eigenvalue weighted by Gasteiger charge is 2.06. The van der Waals surface area contributed by atoms with Crippen molar-refractivity contribution in [3.63, 3.8) is 0 Å². The van der Waals surface area contributed by atoms with Crippen LogP contribution in [0.15, 0.2) is 36.8 Å². The number of nitrogens with one attached hydrogen (secondary N) is 1. The summed E-state index contributed by atoms with van der Waals surface area (Å²) in [5.41, 5.74) is 0.989. The second-order valence-corrected chi connectivity index (χ2v) is 3.29. The monoisotopic (exact) mass is 230 g/mol. The second-order valence-electron chi connectivity index (χ2n) is 3.29. The summed E-state index contributed by atoms with van der Waals surface area (Å²) in [6.07, 6.45) is 4.82. The Hall–Kier alpha value is -2.50. The van der Waals surface area contributed by atoms with Gasteiger partial charge in [0.05, 0.1) is 0 Å². The molecule has 2 N–H and O–H groups in total. The third-order valence-corrected chi connectivity index (χ3v) is 2.04. The Morgan fingerprint density at radius 1 is 1.35 bits per heavy atom. The molecule has 6 heteroatoms. The molecule has 86 valence electrons. The lowest BCUT2D eigenvalue weighted by Crippen LogP contribution is -2.07. The quantitative estimate of drug-likeness (QED) is 0.820. The SMILES string of the molecule is O=C(O)c1nccc(NCc2cccnc2)n1. The van der Waals surface area contributed by atoms with Crippen LogP contribution in [0.1, 0.15) is 16.2 Å². The topological polar surface area (TPSA) is 88.0 Å². The van der Waals surface area contributed by atoms with Gasteiger partial charge in [0, 0.05) is 25.1 Å². The van der Waals surface area contributed by atoms with Crippen molar-refractivity contribution in [2.45, 2.75) is 6.54 Å².